The number of likely N-dealkylation sites (N-methyl/N-ethyl adjacent to an activating group) is 1. The van der Waals surface area contributed by atoms with Gasteiger partial charge in [-0.15, -0.1) is 0 Å². The van der Waals surface area contributed by atoms with Crippen molar-refractivity contribution in [1.82, 2.24) is 15.1 Å². The molecule has 1 saturated heterocycles. The predicted molar refractivity (Wildman–Crippen MR) is 93.6 cm³/mol. The molecule has 0 radical (unpaired) electrons. The molecule has 1 atom stereocenters. The Bertz CT molecular complexity index is 573. The first-order chi connectivity index (χ1) is 11.6. The highest BCUT2D eigenvalue weighted by molar-refractivity contribution is 6.31. The van der Waals surface area contributed by atoms with E-state index in [-0.39, 0.29) is 30.5 Å². The maximum atomic E-state index is 14.1. The average molecular weight is 354 g/mol. The Morgan fingerprint density at radius 1 is 1.42 bits per heavy atom. The molecular formula is C18H25ClFN3O. The fourth-order valence-corrected chi connectivity index (χ4v) is 3.55. The summed E-state index contributed by atoms with van der Waals surface area (Å²) < 4.78 is 14.1. The van der Waals surface area contributed by atoms with Gasteiger partial charge in [-0.1, -0.05) is 24.6 Å². The number of hydrogen-bond donors (Lipinski definition) is 1. The Hall–Kier alpha value is -1.33. The van der Waals surface area contributed by atoms with Crippen molar-refractivity contribution in [2.75, 3.05) is 19.6 Å². The first kappa shape index (κ1) is 17.5. The Morgan fingerprint density at radius 3 is 2.88 bits per heavy atom. The molecule has 1 heterocycles. The molecule has 0 aromatic heterocycles. The summed E-state index contributed by atoms with van der Waals surface area (Å²) in [5.41, 5.74) is 0.403. The number of urea groups is 1. The largest absolute Gasteiger partial charge is 0.334 e. The molecule has 2 aliphatic rings. The number of benzene rings is 1. The van der Waals surface area contributed by atoms with Gasteiger partial charge in [0.05, 0.1) is 6.54 Å². The van der Waals surface area contributed by atoms with Gasteiger partial charge in [-0.25, -0.2) is 9.18 Å². The number of carbonyl (C=O) groups is 1. The van der Waals surface area contributed by atoms with Gasteiger partial charge in [0.15, 0.2) is 0 Å². The molecule has 1 unspecified atom stereocenters. The zero-order valence-corrected chi connectivity index (χ0v) is 14.9. The van der Waals surface area contributed by atoms with Crippen LogP contribution in [0.2, 0.25) is 5.02 Å². The van der Waals surface area contributed by atoms with E-state index in [2.05, 4.69) is 17.1 Å². The zero-order chi connectivity index (χ0) is 17.1. The molecular weight excluding hydrogens is 329 g/mol. The second-order valence-corrected chi connectivity index (χ2v) is 7.15. The van der Waals surface area contributed by atoms with Crippen LogP contribution in [0.3, 0.4) is 0 Å². The molecule has 4 nitrogen and oxygen atoms in total. The van der Waals surface area contributed by atoms with Crippen molar-refractivity contribution < 1.29 is 9.18 Å². The lowest BCUT2D eigenvalue weighted by molar-refractivity contribution is 0.166. The van der Waals surface area contributed by atoms with E-state index < -0.39 is 0 Å². The fraction of sp³-hybridized carbons (Fsp3) is 0.611. The monoisotopic (exact) mass is 353 g/mol. The van der Waals surface area contributed by atoms with Crippen LogP contribution in [0.1, 0.15) is 38.2 Å². The molecule has 3 rings (SSSR count). The molecule has 1 aliphatic heterocycles. The van der Waals surface area contributed by atoms with Crippen LogP contribution in [0.5, 0.6) is 0 Å². The highest BCUT2D eigenvalue weighted by Crippen LogP contribution is 2.31. The van der Waals surface area contributed by atoms with Gasteiger partial charge in [-0.3, -0.25) is 0 Å². The summed E-state index contributed by atoms with van der Waals surface area (Å²) in [6, 6.07) is 4.92. The summed E-state index contributed by atoms with van der Waals surface area (Å²) in [5.74, 6) is -0.351. The number of nitrogens with one attached hydrogen (secondary N) is 1. The van der Waals surface area contributed by atoms with E-state index in [4.69, 9.17) is 11.6 Å². The van der Waals surface area contributed by atoms with Crippen LogP contribution in [0.15, 0.2) is 18.2 Å². The minimum Gasteiger partial charge on any atom is -0.334 e. The van der Waals surface area contributed by atoms with Gasteiger partial charge < -0.3 is 15.1 Å². The van der Waals surface area contributed by atoms with Crippen LogP contribution in [-0.4, -0.2) is 47.5 Å². The summed E-state index contributed by atoms with van der Waals surface area (Å²) in [7, 11) is 0. The molecule has 2 fully saturated rings. The Balaban J connectivity index is 1.66. The van der Waals surface area contributed by atoms with Crippen molar-refractivity contribution in [3.05, 3.63) is 34.6 Å². The molecule has 1 aromatic carbocycles. The standard InChI is InChI=1S/C18H25ClFN3O/c1-2-22-10-4-5-13(11-22)21-18(24)23(14-8-9-14)12-15-16(19)6-3-7-17(15)20/h3,6-7,13-14H,2,4-5,8-12H2,1H3,(H,21,24). The molecule has 0 bridgehead atoms. The van der Waals surface area contributed by atoms with Gasteiger partial charge in [0, 0.05) is 29.2 Å². The number of likely N-dealkylation sites (tertiary alicyclic amines) is 1. The van der Waals surface area contributed by atoms with Crippen molar-refractivity contribution >= 4 is 17.6 Å². The molecule has 6 heteroatoms. The Morgan fingerprint density at radius 2 is 2.21 bits per heavy atom. The molecule has 1 aliphatic carbocycles. The van der Waals surface area contributed by atoms with Gasteiger partial charge in [-0.2, -0.15) is 0 Å². The zero-order valence-electron chi connectivity index (χ0n) is 14.1. The Kier molecular flexibility index (Phi) is 5.61. The van der Waals surface area contributed by atoms with Crippen LogP contribution in [0.4, 0.5) is 9.18 Å². The lowest BCUT2D eigenvalue weighted by Gasteiger charge is -2.34. The lowest BCUT2D eigenvalue weighted by atomic mass is 10.1. The number of nitrogens with zero attached hydrogens (tertiary/aromatic N) is 2. The van der Waals surface area contributed by atoms with Crippen molar-refractivity contribution in [2.45, 2.75) is 51.2 Å². The molecule has 1 aromatic rings. The Labute approximate surface area is 147 Å². The predicted octanol–water partition coefficient (Wildman–Crippen LogP) is 3.64. The van der Waals surface area contributed by atoms with E-state index in [9.17, 15) is 9.18 Å². The van der Waals surface area contributed by atoms with Crippen LogP contribution in [0, 0.1) is 5.82 Å². The SMILES string of the molecule is CCN1CCCC(NC(=O)N(Cc2c(F)cccc2Cl)C2CC2)C1. The number of halogens is 2. The van der Waals surface area contributed by atoms with Crippen molar-refractivity contribution in [3.63, 3.8) is 0 Å². The molecule has 1 saturated carbocycles. The van der Waals surface area contributed by atoms with E-state index in [1.807, 2.05) is 0 Å². The summed E-state index contributed by atoms with van der Waals surface area (Å²) >= 11 is 6.13. The first-order valence-corrected chi connectivity index (χ1v) is 9.18. The molecule has 24 heavy (non-hydrogen) atoms. The van der Waals surface area contributed by atoms with Crippen LogP contribution in [0.25, 0.3) is 0 Å². The van der Waals surface area contributed by atoms with Crippen molar-refractivity contribution in [2.24, 2.45) is 0 Å². The van der Waals surface area contributed by atoms with Crippen LogP contribution >= 0.6 is 11.6 Å². The molecule has 2 amide bonds. The number of carbonyl (C=O) groups excluding carboxylic acids is 1. The minimum absolute atomic E-state index is 0.0974. The molecule has 132 valence electrons. The van der Waals surface area contributed by atoms with E-state index in [1.54, 1.807) is 17.0 Å². The third-order valence-corrected chi connectivity index (χ3v) is 5.27. The fourth-order valence-electron chi connectivity index (χ4n) is 3.32. The number of hydrogen-bond acceptors (Lipinski definition) is 2. The number of piperidine rings is 1. The maximum absolute atomic E-state index is 14.1. The summed E-state index contributed by atoms with van der Waals surface area (Å²) in [4.78, 5) is 16.8. The summed E-state index contributed by atoms with van der Waals surface area (Å²) in [6.07, 6.45) is 4.05. The smallest absolute Gasteiger partial charge is 0.318 e. The van der Waals surface area contributed by atoms with Crippen LogP contribution in [-0.2, 0) is 6.54 Å². The second-order valence-electron chi connectivity index (χ2n) is 6.74. The van der Waals surface area contributed by atoms with E-state index in [0.717, 1.165) is 45.3 Å². The maximum Gasteiger partial charge on any atom is 0.318 e. The van der Waals surface area contributed by atoms with Crippen molar-refractivity contribution in [3.8, 4) is 0 Å². The van der Waals surface area contributed by atoms with E-state index in [1.165, 1.54) is 6.07 Å². The minimum atomic E-state index is -0.351. The topological polar surface area (TPSA) is 35.6 Å². The van der Waals surface area contributed by atoms with Gasteiger partial charge in [0.1, 0.15) is 5.82 Å². The highest BCUT2D eigenvalue weighted by Gasteiger charge is 2.34. The average Bonchev–Trinajstić information content (AvgIpc) is 3.39. The summed E-state index contributed by atoms with van der Waals surface area (Å²) in [6.45, 7) is 5.36. The lowest BCUT2D eigenvalue weighted by Crippen LogP contribution is -2.51. The normalized spacial score (nSPS) is 21.5. The summed E-state index contributed by atoms with van der Waals surface area (Å²) in [5, 5.41) is 3.52. The van der Waals surface area contributed by atoms with Gasteiger partial charge in [-0.05, 0) is 50.9 Å². The first-order valence-electron chi connectivity index (χ1n) is 8.81. The number of rotatable bonds is 5. The van der Waals surface area contributed by atoms with Gasteiger partial charge in [0.2, 0.25) is 0 Å². The van der Waals surface area contributed by atoms with Gasteiger partial charge in [0.25, 0.3) is 0 Å². The quantitative estimate of drug-likeness (QED) is 0.877. The van der Waals surface area contributed by atoms with Crippen molar-refractivity contribution in [1.29, 1.82) is 0 Å². The third kappa shape index (κ3) is 4.19. The third-order valence-electron chi connectivity index (χ3n) is 4.92. The molecule has 0 spiro atoms. The van der Waals surface area contributed by atoms with Gasteiger partial charge >= 0.3 is 6.03 Å². The second kappa shape index (κ2) is 7.70. The molecule has 1 N–H and O–H groups in total. The van der Waals surface area contributed by atoms with E-state index >= 15 is 0 Å². The van der Waals surface area contributed by atoms with E-state index in [0.29, 0.717) is 10.6 Å². The van der Waals surface area contributed by atoms with Crippen LogP contribution < -0.4 is 5.32 Å². The highest BCUT2D eigenvalue weighted by atomic mass is 35.5. The number of amides is 2.